The van der Waals surface area contributed by atoms with E-state index >= 15 is 0 Å². The van der Waals surface area contributed by atoms with Gasteiger partial charge in [0.2, 0.25) is 0 Å². The van der Waals surface area contributed by atoms with E-state index < -0.39 is 6.04 Å². The van der Waals surface area contributed by atoms with E-state index in [9.17, 15) is 9.59 Å². The Balaban J connectivity index is 1.39. The highest BCUT2D eigenvalue weighted by Gasteiger charge is 2.55. The second kappa shape index (κ2) is 8.39. The minimum atomic E-state index is -0.401. The molecule has 2 aromatic carbocycles. The lowest BCUT2D eigenvalue weighted by Crippen LogP contribution is -2.66. The first kappa shape index (κ1) is 21.2. The maximum Gasteiger partial charge on any atom is 0.327 e. The summed E-state index contributed by atoms with van der Waals surface area (Å²) in [6.45, 7) is 4.02. The van der Waals surface area contributed by atoms with Gasteiger partial charge in [0.05, 0.1) is 0 Å². The number of amides is 3. The van der Waals surface area contributed by atoms with Crippen LogP contribution in [0.2, 0.25) is 5.02 Å². The van der Waals surface area contributed by atoms with Crippen molar-refractivity contribution in [1.29, 1.82) is 0 Å². The number of halogens is 1. The Bertz CT molecular complexity index is 1030. The fraction of sp³-hybridized carbons (Fsp3) is 0.417. The first-order chi connectivity index (χ1) is 15.5. The molecule has 3 amide bonds. The van der Waals surface area contributed by atoms with E-state index in [1.165, 1.54) is 4.90 Å². The predicted molar refractivity (Wildman–Crippen MR) is 124 cm³/mol. The van der Waals surface area contributed by atoms with Crippen LogP contribution in [0, 0.1) is 6.92 Å². The van der Waals surface area contributed by atoms with Crippen LogP contribution in [0.1, 0.15) is 17.5 Å². The molecule has 3 aliphatic rings. The van der Waals surface area contributed by atoms with Gasteiger partial charge in [-0.3, -0.25) is 19.9 Å². The molecule has 0 spiro atoms. The van der Waals surface area contributed by atoms with Gasteiger partial charge < -0.3 is 9.80 Å². The van der Waals surface area contributed by atoms with Crippen molar-refractivity contribution in [2.75, 3.05) is 31.6 Å². The van der Waals surface area contributed by atoms with Crippen LogP contribution in [0.5, 0.6) is 0 Å². The van der Waals surface area contributed by atoms with Gasteiger partial charge in [0.15, 0.2) is 0 Å². The smallest absolute Gasteiger partial charge is 0.327 e. The Labute approximate surface area is 193 Å². The number of nitrogens with zero attached hydrogens (tertiary/aromatic N) is 4. The SMILES string of the molecule is Cc1ccc(N2CCCN3C4C(=O)N(CCc5ccccc5)C(=O)N(C)C4NC23)cc1Cl. The third-order valence-electron chi connectivity index (χ3n) is 6.82. The average molecular weight is 454 g/mol. The zero-order chi connectivity index (χ0) is 22.4. The molecule has 0 bridgehead atoms. The molecule has 7 nitrogen and oxygen atoms in total. The van der Waals surface area contributed by atoms with Crippen LogP contribution in [0.4, 0.5) is 10.5 Å². The van der Waals surface area contributed by atoms with Crippen LogP contribution in [0.25, 0.3) is 0 Å². The van der Waals surface area contributed by atoms with Crippen LogP contribution in [0.15, 0.2) is 48.5 Å². The highest BCUT2D eigenvalue weighted by molar-refractivity contribution is 6.31. The molecule has 0 radical (unpaired) electrons. The normalized spacial score (nSPS) is 25.8. The highest BCUT2D eigenvalue weighted by Crippen LogP contribution is 2.34. The number of urea groups is 1. The van der Waals surface area contributed by atoms with Crippen molar-refractivity contribution < 1.29 is 9.59 Å². The van der Waals surface area contributed by atoms with E-state index in [2.05, 4.69) is 21.2 Å². The number of likely N-dealkylation sites (N-methyl/N-ethyl adjacent to an activating group) is 1. The Hall–Kier alpha value is -2.61. The fourth-order valence-corrected chi connectivity index (χ4v) is 5.21. The minimum Gasteiger partial charge on any atom is -0.343 e. The van der Waals surface area contributed by atoms with Crippen molar-refractivity contribution in [2.45, 2.75) is 38.3 Å². The van der Waals surface area contributed by atoms with Gasteiger partial charge in [-0.15, -0.1) is 0 Å². The zero-order valence-corrected chi connectivity index (χ0v) is 19.1. The molecule has 0 aliphatic carbocycles. The molecule has 1 N–H and O–H groups in total. The van der Waals surface area contributed by atoms with Gasteiger partial charge >= 0.3 is 6.03 Å². The topological polar surface area (TPSA) is 59.1 Å². The largest absolute Gasteiger partial charge is 0.343 e. The summed E-state index contributed by atoms with van der Waals surface area (Å²) in [5.74, 6) is -0.118. The maximum absolute atomic E-state index is 13.5. The van der Waals surface area contributed by atoms with Gasteiger partial charge in [-0.1, -0.05) is 48.0 Å². The van der Waals surface area contributed by atoms with Crippen LogP contribution in [0.3, 0.4) is 0 Å². The van der Waals surface area contributed by atoms with E-state index in [4.69, 9.17) is 11.6 Å². The zero-order valence-electron chi connectivity index (χ0n) is 18.4. The number of carbonyl (C=O) groups excluding carboxylic acids is 2. The number of benzene rings is 2. The summed E-state index contributed by atoms with van der Waals surface area (Å²) in [5.41, 5.74) is 3.16. The lowest BCUT2D eigenvalue weighted by molar-refractivity contribution is -0.138. The molecule has 0 saturated carbocycles. The van der Waals surface area contributed by atoms with E-state index in [1.54, 1.807) is 11.9 Å². The number of aryl methyl sites for hydroxylation is 1. The summed E-state index contributed by atoms with van der Waals surface area (Å²) in [6, 6.07) is 15.4. The fourth-order valence-electron chi connectivity index (χ4n) is 5.04. The van der Waals surface area contributed by atoms with Crippen molar-refractivity contribution >= 4 is 29.2 Å². The molecule has 3 saturated heterocycles. The monoisotopic (exact) mass is 453 g/mol. The molecule has 2 aromatic rings. The maximum atomic E-state index is 13.5. The molecule has 168 valence electrons. The lowest BCUT2D eigenvalue weighted by atomic mass is 10.1. The number of fused-ring (bicyclic) bond motifs is 3. The summed E-state index contributed by atoms with van der Waals surface area (Å²) >= 11 is 6.39. The Morgan fingerprint density at radius 1 is 1.09 bits per heavy atom. The molecule has 8 heteroatoms. The quantitative estimate of drug-likeness (QED) is 0.771. The minimum absolute atomic E-state index is 0.118. The molecule has 32 heavy (non-hydrogen) atoms. The van der Waals surface area contributed by atoms with Gasteiger partial charge in [0.25, 0.3) is 5.91 Å². The summed E-state index contributed by atoms with van der Waals surface area (Å²) < 4.78 is 0. The Morgan fingerprint density at radius 3 is 2.62 bits per heavy atom. The summed E-state index contributed by atoms with van der Waals surface area (Å²) in [7, 11) is 1.78. The van der Waals surface area contributed by atoms with E-state index in [1.807, 2.05) is 49.4 Å². The number of anilines is 1. The molecule has 3 atom stereocenters. The van der Waals surface area contributed by atoms with Crippen molar-refractivity contribution in [1.82, 2.24) is 20.0 Å². The number of hydrogen-bond acceptors (Lipinski definition) is 5. The predicted octanol–water partition coefficient (Wildman–Crippen LogP) is 2.88. The van der Waals surface area contributed by atoms with Gasteiger partial charge in [0.1, 0.15) is 18.5 Å². The molecular weight excluding hydrogens is 426 g/mol. The van der Waals surface area contributed by atoms with E-state index in [0.29, 0.717) is 13.0 Å². The standard InChI is InChI=1S/C24H28ClN5O2/c1-16-9-10-18(15-19(16)25)28-12-6-13-29-20-21(26-23(28)29)27(2)24(32)30(22(20)31)14-11-17-7-4-3-5-8-17/h3-5,7-10,15,20-21,23,26H,6,11-14H2,1-2H3. The summed E-state index contributed by atoms with van der Waals surface area (Å²) in [4.78, 5) is 34.2. The number of rotatable bonds is 4. The average Bonchev–Trinajstić information content (AvgIpc) is 3.20. The number of nitrogens with one attached hydrogen (secondary N) is 1. The molecule has 0 aromatic heterocycles. The van der Waals surface area contributed by atoms with Gasteiger partial charge in [-0.2, -0.15) is 0 Å². The van der Waals surface area contributed by atoms with Crippen LogP contribution >= 0.6 is 11.6 Å². The van der Waals surface area contributed by atoms with Crippen molar-refractivity contribution in [3.8, 4) is 0 Å². The lowest BCUT2D eigenvalue weighted by Gasteiger charge is -2.44. The molecular formula is C24H28ClN5O2. The molecule has 5 rings (SSSR count). The van der Waals surface area contributed by atoms with E-state index in [0.717, 1.165) is 41.3 Å². The third-order valence-corrected chi connectivity index (χ3v) is 7.23. The Morgan fingerprint density at radius 2 is 1.88 bits per heavy atom. The first-order valence-corrected chi connectivity index (χ1v) is 11.5. The van der Waals surface area contributed by atoms with Gasteiger partial charge in [0, 0.05) is 37.4 Å². The second-order valence-corrected chi connectivity index (χ2v) is 9.17. The summed E-state index contributed by atoms with van der Waals surface area (Å²) in [5, 5.41) is 4.28. The van der Waals surface area contributed by atoms with Crippen LogP contribution < -0.4 is 10.2 Å². The van der Waals surface area contributed by atoms with Crippen molar-refractivity contribution in [3.63, 3.8) is 0 Å². The van der Waals surface area contributed by atoms with Gasteiger partial charge in [-0.25, -0.2) is 4.79 Å². The van der Waals surface area contributed by atoms with Crippen LogP contribution in [-0.4, -0.2) is 71.8 Å². The number of hydrogen-bond donors (Lipinski definition) is 1. The Kier molecular flexibility index (Phi) is 5.57. The summed E-state index contributed by atoms with van der Waals surface area (Å²) in [6.07, 6.45) is 1.07. The van der Waals surface area contributed by atoms with E-state index in [-0.39, 0.29) is 24.4 Å². The van der Waals surface area contributed by atoms with Gasteiger partial charge in [-0.05, 0) is 43.0 Å². The van der Waals surface area contributed by atoms with Crippen molar-refractivity contribution in [3.05, 3.63) is 64.7 Å². The molecule has 3 heterocycles. The molecule has 3 fully saturated rings. The molecule has 3 unspecified atom stereocenters. The number of carbonyl (C=O) groups is 2. The van der Waals surface area contributed by atoms with Crippen LogP contribution in [-0.2, 0) is 11.2 Å². The van der Waals surface area contributed by atoms with Crippen molar-refractivity contribution in [2.24, 2.45) is 0 Å². The third kappa shape index (κ3) is 3.54. The highest BCUT2D eigenvalue weighted by atomic mass is 35.5. The second-order valence-electron chi connectivity index (χ2n) is 8.77. The molecule has 3 aliphatic heterocycles. The number of imide groups is 1. The first-order valence-electron chi connectivity index (χ1n) is 11.1.